The third kappa shape index (κ3) is 3.46. The topological polar surface area (TPSA) is 50.8 Å². The average molecular weight is 492 g/mol. The number of nitrogens with zero attached hydrogens (tertiary/aromatic N) is 2. The summed E-state index contributed by atoms with van der Waals surface area (Å²) >= 11 is 0. The molecule has 0 unspecified atom stereocenters. The quantitative estimate of drug-likeness (QED) is 0.266. The molecular formula is C34H25N3O. The molecule has 38 heavy (non-hydrogen) atoms. The van der Waals surface area contributed by atoms with Gasteiger partial charge in [-0.25, -0.2) is 0 Å². The van der Waals surface area contributed by atoms with Gasteiger partial charge in [0.2, 0.25) is 0 Å². The molecular weight excluding hydrogens is 466 g/mol. The van der Waals surface area contributed by atoms with E-state index in [0.717, 1.165) is 39.7 Å². The number of pyridine rings is 1. The molecule has 182 valence electrons. The Bertz CT molecular complexity index is 1720. The maximum absolute atomic E-state index is 6.45. The molecule has 0 radical (unpaired) electrons. The number of nitrogens with one attached hydrogen (secondary N) is 1. The van der Waals surface area contributed by atoms with Gasteiger partial charge in [-0.1, -0.05) is 78.9 Å². The minimum absolute atomic E-state index is 0.553. The van der Waals surface area contributed by atoms with Gasteiger partial charge in [0.15, 0.2) is 0 Å². The van der Waals surface area contributed by atoms with Crippen LogP contribution in [0.4, 0.5) is 0 Å². The molecule has 7 rings (SSSR count). The first-order valence-corrected chi connectivity index (χ1v) is 12.8. The van der Waals surface area contributed by atoms with Gasteiger partial charge in [0.05, 0.1) is 16.8 Å². The molecule has 0 amide bonds. The van der Waals surface area contributed by atoms with Crippen molar-refractivity contribution < 1.29 is 4.74 Å². The molecule has 1 aliphatic rings. The molecule has 0 fully saturated rings. The lowest BCUT2D eigenvalue weighted by molar-refractivity contribution is 0.481. The standard InChI is InChI=1S/C34H25N3O/c1-23-20-32(37-36-23)24-10-8-12-26(21-24)38-27-13-9-11-25(22-27)34(33-18-6-7-19-35-33)30-16-4-2-14-28(30)29-15-3-5-17-31(29)34/h2-22H,1H3,(H,36,37). The Balaban J connectivity index is 1.38. The van der Waals surface area contributed by atoms with Crippen LogP contribution in [-0.4, -0.2) is 15.2 Å². The van der Waals surface area contributed by atoms with Gasteiger partial charge >= 0.3 is 0 Å². The highest BCUT2D eigenvalue weighted by atomic mass is 16.5. The summed E-state index contributed by atoms with van der Waals surface area (Å²) in [6.07, 6.45) is 1.88. The van der Waals surface area contributed by atoms with E-state index in [2.05, 4.69) is 89.1 Å². The molecule has 2 heterocycles. The van der Waals surface area contributed by atoms with E-state index in [1.807, 2.05) is 55.6 Å². The van der Waals surface area contributed by atoms with Crippen LogP contribution in [0.5, 0.6) is 11.5 Å². The fraction of sp³-hybridized carbons (Fsp3) is 0.0588. The number of aryl methyl sites for hydroxylation is 1. The summed E-state index contributed by atoms with van der Waals surface area (Å²) in [6.45, 7) is 2.00. The molecule has 0 saturated heterocycles. The van der Waals surface area contributed by atoms with Crippen molar-refractivity contribution in [3.05, 3.63) is 156 Å². The smallest absolute Gasteiger partial charge is 0.128 e. The first kappa shape index (κ1) is 22.3. The van der Waals surface area contributed by atoms with E-state index in [9.17, 15) is 0 Å². The van der Waals surface area contributed by atoms with Gasteiger partial charge in [-0.05, 0) is 77.2 Å². The zero-order chi connectivity index (χ0) is 25.5. The summed E-state index contributed by atoms with van der Waals surface area (Å²) in [6, 6.07) is 42.0. The third-order valence-corrected chi connectivity index (χ3v) is 7.34. The number of H-pyrrole nitrogens is 1. The molecule has 0 spiro atoms. The highest BCUT2D eigenvalue weighted by molar-refractivity contribution is 5.85. The lowest BCUT2D eigenvalue weighted by Crippen LogP contribution is -2.29. The van der Waals surface area contributed by atoms with Gasteiger partial charge in [0.1, 0.15) is 11.5 Å². The second-order valence-electron chi connectivity index (χ2n) is 9.65. The second kappa shape index (κ2) is 8.86. The van der Waals surface area contributed by atoms with E-state index in [0.29, 0.717) is 0 Å². The normalized spacial score (nSPS) is 13.1. The van der Waals surface area contributed by atoms with Gasteiger partial charge in [0.25, 0.3) is 0 Å². The first-order chi connectivity index (χ1) is 18.7. The number of fused-ring (bicyclic) bond motifs is 3. The Morgan fingerprint density at radius 2 is 1.34 bits per heavy atom. The van der Waals surface area contributed by atoms with Crippen LogP contribution >= 0.6 is 0 Å². The number of aromatic amines is 1. The molecule has 1 aliphatic carbocycles. The lowest BCUT2D eigenvalue weighted by Gasteiger charge is -2.32. The van der Waals surface area contributed by atoms with Crippen molar-refractivity contribution in [2.24, 2.45) is 0 Å². The summed E-state index contributed by atoms with van der Waals surface area (Å²) < 4.78 is 6.45. The molecule has 0 bridgehead atoms. The Hall–Kier alpha value is -4.96. The van der Waals surface area contributed by atoms with Crippen LogP contribution in [0.25, 0.3) is 22.4 Å². The molecule has 4 aromatic carbocycles. The second-order valence-corrected chi connectivity index (χ2v) is 9.65. The SMILES string of the molecule is Cc1cc(-c2cccc(Oc3cccc(C4(c5ccccn5)c5ccccc5-c5ccccc54)c3)c2)n[nH]1. The minimum Gasteiger partial charge on any atom is -0.457 e. The van der Waals surface area contributed by atoms with Gasteiger partial charge in [-0.3, -0.25) is 10.1 Å². The van der Waals surface area contributed by atoms with Crippen LogP contribution < -0.4 is 4.74 Å². The summed E-state index contributed by atoms with van der Waals surface area (Å²) in [5.41, 5.74) is 9.42. The third-order valence-electron chi connectivity index (χ3n) is 7.34. The molecule has 0 saturated carbocycles. The van der Waals surface area contributed by atoms with Crippen molar-refractivity contribution in [1.29, 1.82) is 0 Å². The Morgan fingerprint density at radius 3 is 2.03 bits per heavy atom. The Labute approximate surface area is 221 Å². The number of rotatable bonds is 5. The highest BCUT2D eigenvalue weighted by Gasteiger charge is 2.47. The van der Waals surface area contributed by atoms with Gasteiger partial charge in [-0.15, -0.1) is 0 Å². The number of benzene rings is 4. The lowest BCUT2D eigenvalue weighted by atomic mass is 9.70. The minimum atomic E-state index is -0.553. The number of hydrogen-bond acceptors (Lipinski definition) is 3. The maximum atomic E-state index is 6.45. The predicted octanol–water partition coefficient (Wildman–Crippen LogP) is 7.94. The fourth-order valence-corrected chi connectivity index (χ4v) is 5.77. The number of ether oxygens (including phenoxy) is 1. The monoisotopic (exact) mass is 491 g/mol. The van der Waals surface area contributed by atoms with E-state index < -0.39 is 5.41 Å². The van der Waals surface area contributed by atoms with E-state index in [4.69, 9.17) is 9.72 Å². The van der Waals surface area contributed by atoms with Crippen LogP contribution in [0.1, 0.15) is 28.1 Å². The van der Waals surface area contributed by atoms with Crippen LogP contribution in [0.2, 0.25) is 0 Å². The van der Waals surface area contributed by atoms with Crippen molar-refractivity contribution in [1.82, 2.24) is 15.2 Å². The summed E-state index contributed by atoms with van der Waals surface area (Å²) in [5.74, 6) is 1.54. The van der Waals surface area contributed by atoms with Gasteiger partial charge in [0, 0.05) is 17.5 Å². The molecule has 1 N–H and O–H groups in total. The summed E-state index contributed by atoms with van der Waals surface area (Å²) in [5, 5.41) is 7.41. The van der Waals surface area contributed by atoms with E-state index in [1.165, 1.54) is 22.3 Å². The van der Waals surface area contributed by atoms with E-state index in [-0.39, 0.29) is 0 Å². The predicted molar refractivity (Wildman–Crippen MR) is 150 cm³/mol. The van der Waals surface area contributed by atoms with Crippen LogP contribution in [0.3, 0.4) is 0 Å². The van der Waals surface area contributed by atoms with Crippen molar-refractivity contribution in [3.8, 4) is 33.9 Å². The Morgan fingerprint density at radius 1 is 0.658 bits per heavy atom. The number of hydrogen-bond donors (Lipinski definition) is 1. The zero-order valence-electron chi connectivity index (χ0n) is 20.9. The van der Waals surface area contributed by atoms with Crippen molar-refractivity contribution in [2.45, 2.75) is 12.3 Å². The number of aromatic nitrogens is 3. The van der Waals surface area contributed by atoms with Crippen molar-refractivity contribution >= 4 is 0 Å². The summed E-state index contributed by atoms with van der Waals surface area (Å²) in [4.78, 5) is 4.92. The van der Waals surface area contributed by atoms with E-state index in [1.54, 1.807) is 0 Å². The van der Waals surface area contributed by atoms with Crippen molar-refractivity contribution in [3.63, 3.8) is 0 Å². The maximum Gasteiger partial charge on any atom is 0.128 e. The molecule has 6 aromatic rings. The molecule has 4 nitrogen and oxygen atoms in total. The van der Waals surface area contributed by atoms with Gasteiger partial charge in [-0.2, -0.15) is 5.10 Å². The van der Waals surface area contributed by atoms with Crippen molar-refractivity contribution in [2.75, 3.05) is 0 Å². The first-order valence-electron chi connectivity index (χ1n) is 12.8. The molecule has 2 aromatic heterocycles. The summed E-state index contributed by atoms with van der Waals surface area (Å²) in [7, 11) is 0. The Kier molecular flexibility index (Phi) is 5.19. The van der Waals surface area contributed by atoms with E-state index >= 15 is 0 Å². The van der Waals surface area contributed by atoms with Gasteiger partial charge < -0.3 is 4.74 Å². The van der Waals surface area contributed by atoms with Crippen LogP contribution in [0.15, 0.2) is 128 Å². The fourth-order valence-electron chi connectivity index (χ4n) is 5.77. The van der Waals surface area contributed by atoms with Crippen LogP contribution in [-0.2, 0) is 5.41 Å². The molecule has 0 aliphatic heterocycles. The largest absolute Gasteiger partial charge is 0.457 e. The average Bonchev–Trinajstić information content (AvgIpc) is 3.54. The zero-order valence-corrected chi connectivity index (χ0v) is 20.9. The van der Waals surface area contributed by atoms with Crippen LogP contribution in [0, 0.1) is 6.92 Å². The highest BCUT2D eigenvalue weighted by Crippen LogP contribution is 2.55. The molecule has 4 heteroatoms. The molecule has 0 atom stereocenters.